The van der Waals surface area contributed by atoms with Crippen molar-refractivity contribution in [1.82, 2.24) is 10.5 Å². The van der Waals surface area contributed by atoms with Crippen molar-refractivity contribution < 1.29 is 14.1 Å². The Hall–Kier alpha value is -2.21. The molecule has 26 heavy (non-hydrogen) atoms. The molecule has 0 bridgehead atoms. The SMILES string of the molecule is O=C(COc1ccc(Cl)cc1Cl)NCc1cc(-c2ccc(Cl)cc2)on1. The van der Waals surface area contributed by atoms with Crippen LogP contribution in [-0.4, -0.2) is 17.7 Å². The van der Waals surface area contributed by atoms with E-state index in [-0.39, 0.29) is 19.1 Å². The third-order valence-electron chi connectivity index (χ3n) is 3.41. The second-order valence-electron chi connectivity index (χ2n) is 5.33. The number of rotatable bonds is 6. The van der Waals surface area contributed by atoms with Crippen molar-refractivity contribution in [3.8, 4) is 17.1 Å². The number of hydrogen-bond acceptors (Lipinski definition) is 4. The summed E-state index contributed by atoms with van der Waals surface area (Å²) in [7, 11) is 0. The summed E-state index contributed by atoms with van der Waals surface area (Å²) in [5.74, 6) is 0.667. The highest BCUT2D eigenvalue weighted by molar-refractivity contribution is 6.35. The molecule has 134 valence electrons. The van der Waals surface area contributed by atoms with Crippen LogP contribution in [0.4, 0.5) is 0 Å². The Morgan fingerprint density at radius 3 is 2.50 bits per heavy atom. The first kappa shape index (κ1) is 18.6. The minimum Gasteiger partial charge on any atom is -0.482 e. The Kier molecular flexibility index (Phi) is 6.04. The number of amides is 1. The van der Waals surface area contributed by atoms with Crippen LogP contribution >= 0.6 is 34.8 Å². The van der Waals surface area contributed by atoms with E-state index in [2.05, 4.69) is 10.5 Å². The van der Waals surface area contributed by atoms with Crippen LogP contribution in [0.1, 0.15) is 5.69 Å². The van der Waals surface area contributed by atoms with Crippen LogP contribution in [0.25, 0.3) is 11.3 Å². The zero-order valence-electron chi connectivity index (χ0n) is 13.3. The summed E-state index contributed by atoms with van der Waals surface area (Å²) in [5, 5.41) is 8.10. The monoisotopic (exact) mass is 410 g/mol. The molecule has 2 aromatic carbocycles. The molecular formula is C18H13Cl3N2O3. The van der Waals surface area contributed by atoms with E-state index in [0.717, 1.165) is 5.56 Å². The number of carbonyl (C=O) groups excluding carboxylic acids is 1. The van der Waals surface area contributed by atoms with Crippen molar-refractivity contribution in [2.24, 2.45) is 0 Å². The molecule has 1 heterocycles. The van der Waals surface area contributed by atoms with E-state index < -0.39 is 0 Å². The molecule has 5 nitrogen and oxygen atoms in total. The van der Waals surface area contributed by atoms with Crippen molar-refractivity contribution in [3.05, 3.63) is 69.3 Å². The highest BCUT2D eigenvalue weighted by atomic mass is 35.5. The van der Waals surface area contributed by atoms with Gasteiger partial charge in [0.25, 0.3) is 5.91 Å². The molecule has 1 amide bonds. The normalized spacial score (nSPS) is 10.6. The number of halogens is 3. The second-order valence-corrected chi connectivity index (χ2v) is 6.61. The summed E-state index contributed by atoms with van der Waals surface area (Å²) in [5.41, 5.74) is 1.44. The van der Waals surface area contributed by atoms with Gasteiger partial charge in [-0.2, -0.15) is 0 Å². The molecule has 0 saturated heterocycles. The highest BCUT2D eigenvalue weighted by Crippen LogP contribution is 2.27. The van der Waals surface area contributed by atoms with Gasteiger partial charge in [-0.1, -0.05) is 40.0 Å². The van der Waals surface area contributed by atoms with E-state index in [1.165, 1.54) is 0 Å². The molecule has 3 aromatic rings. The van der Waals surface area contributed by atoms with E-state index in [0.29, 0.717) is 32.3 Å². The number of nitrogens with one attached hydrogen (secondary N) is 1. The molecule has 0 aliphatic heterocycles. The first-order chi connectivity index (χ1) is 12.5. The molecular weight excluding hydrogens is 399 g/mol. The fourth-order valence-electron chi connectivity index (χ4n) is 2.12. The van der Waals surface area contributed by atoms with Crippen LogP contribution in [0.2, 0.25) is 15.1 Å². The molecule has 8 heteroatoms. The molecule has 0 saturated carbocycles. The van der Waals surface area contributed by atoms with Crippen LogP contribution < -0.4 is 10.1 Å². The van der Waals surface area contributed by atoms with Crippen LogP contribution in [0.3, 0.4) is 0 Å². The zero-order chi connectivity index (χ0) is 18.5. The maximum absolute atomic E-state index is 11.9. The maximum atomic E-state index is 11.9. The average Bonchev–Trinajstić information content (AvgIpc) is 3.09. The topological polar surface area (TPSA) is 64.4 Å². The van der Waals surface area contributed by atoms with Crippen molar-refractivity contribution in [1.29, 1.82) is 0 Å². The quantitative estimate of drug-likeness (QED) is 0.620. The van der Waals surface area contributed by atoms with Gasteiger partial charge in [-0.25, -0.2) is 0 Å². The van der Waals surface area contributed by atoms with Crippen LogP contribution in [0, 0.1) is 0 Å². The summed E-state index contributed by atoms with van der Waals surface area (Å²) in [4.78, 5) is 11.9. The van der Waals surface area contributed by atoms with Crippen LogP contribution in [0.15, 0.2) is 53.1 Å². The zero-order valence-corrected chi connectivity index (χ0v) is 15.6. The summed E-state index contributed by atoms with van der Waals surface area (Å²) < 4.78 is 10.6. The van der Waals surface area contributed by atoms with Gasteiger partial charge in [-0.15, -0.1) is 0 Å². The molecule has 0 atom stereocenters. The molecule has 0 spiro atoms. The Labute approximate surface area is 164 Å². The largest absolute Gasteiger partial charge is 0.482 e. The summed E-state index contributed by atoms with van der Waals surface area (Å²) in [6.07, 6.45) is 0. The third kappa shape index (κ3) is 4.91. The predicted octanol–water partition coefficient (Wildman–Crippen LogP) is 5.00. The van der Waals surface area contributed by atoms with Gasteiger partial charge in [-0.05, 0) is 42.5 Å². The van der Waals surface area contributed by atoms with E-state index in [4.69, 9.17) is 44.1 Å². The lowest BCUT2D eigenvalue weighted by atomic mass is 10.1. The van der Waals surface area contributed by atoms with Gasteiger partial charge in [-0.3, -0.25) is 4.79 Å². The third-order valence-corrected chi connectivity index (χ3v) is 4.19. The summed E-state index contributed by atoms with van der Waals surface area (Å²) in [6, 6.07) is 13.7. The standard InChI is InChI=1S/C18H13Cl3N2O3/c19-12-3-1-11(2-4-12)17-8-14(23-26-17)9-22-18(24)10-25-16-6-5-13(20)7-15(16)21/h1-8H,9-10H2,(H,22,24). The Bertz CT molecular complexity index is 910. The molecule has 1 N–H and O–H groups in total. The Balaban J connectivity index is 1.51. The fourth-order valence-corrected chi connectivity index (χ4v) is 2.71. The molecule has 0 radical (unpaired) electrons. The molecule has 0 aliphatic rings. The van der Waals surface area contributed by atoms with Gasteiger partial charge >= 0.3 is 0 Å². The summed E-state index contributed by atoms with van der Waals surface area (Å²) in [6.45, 7) is 0.0386. The smallest absolute Gasteiger partial charge is 0.258 e. The minimum absolute atomic E-state index is 0.177. The van der Waals surface area contributed by atoms with E-state index >= 15 is 0 Å². The Morgan fingerprint density at radius 2 is 1.77 bits per heavy atom. The predicted molar refractivity (Wildman–Crippen MR) is 101 cm³/mol. The van der Waals surface area contributed by atoms with Crippen LogP contribution in [-0.2, 0) is 11.3 Å². The van der Waals surface area contributed by atoms with Crippen molar-refractivity contribution in [3.63, 3.8) is 0 Å². The molecule has 1 aromatic heterocycles. The highest BCUT2D eigenvalue weighted by Gasteiger charge is 2.10. The number of carbonyl (C=O) groups is 1. The minimum atomic E-state index is -0.313. The van der Waals surface area contributed by atoms with Crippen LogP contribution in [0.5, 0.6) is 5.75 Å². The maximum Gasteiger partial charge on any atom is 0.258 e. The summed E-state index contributed by atoms with van der Waals surface area (Å²) >= 11 is 17.7. The van der Waals surface area contributed by atoms with Gasteiger partial charge < -0.3 is 14.6 Å². The molecule has 0 aliphatic carbocycles. The van der Waals surface area contributed by atoms with Crippen molar-refractivity contribution in [2.45, 2.75) is 6.54 Å². The molecule has 0 unspecified atom stereocenters. The van der Waals surface area contributed by atoms with E-state index in [9.17, 15) is 4.79 Å². The number of aromatic nitrogens is 1. The molecule has 3 rings (SSSR count). The van der Waals surface area contributed by atoms with E-state index in [1.807, 2.05) is 12.1 Å². The van der Waals surface area contributed by atoms with Crippen molar-refractivity contribution >= 4 is 40.7 Å². The van der Waals surface area contributed by atoms with E-state index in [1.54, 1.807) is 36.4 Å². The number of nitrogens with zero attached hydrogens (tertiary/aromatic N) is 1. The lowest BCUT2D eigenvalue weighted by Crippen LogP contribution is -2.28. The van der Waals surface area contributed by atoms with Gasteiger partial charge in [0.1, 0.15) is 11.4 Å². The van der Waals surface area contributed by atoms with Gasteiger partial charge in [0.15, 0.2) is 12.4 Å². The lowest BCUT2D eigenvalue weighted by molar-refractivity contribution is -0.123. The number of ether oxygens (including phenoxy) is 1. The number of benzene rings is 2. The van der Waals surface area contributed by atoms with Crippen molar-refractivity contribution in [2.75, 3.05) is 6.61 Å². The lowest BCUT2D eigenvalue weighted by Gasteiger charge is -2.08. The van der Waals surface area contributed by atoms with Gasteiger partial charge in [0.2, 0.25) is 0 Å². The first-order valence-corrected chi connectivity index (χ1v) is 8.71. The fraction of sp³-hybridized carbons (Fsp3) is 0.111. The van der Waals surface area contributed by atoms with Gasteiger partial charge in [0.05, 0.1) is 11.6 Å². The Morgan fingerprint density at radius 1 is 1.04 bits per heavy atom. The second kappa shape index (κ2) is 8.45. The average molecular weight is 412 g/mol. The number of hydrogen-bond donors (Lipinski definition) is 1. The molecule has 0 fully saturated rings. The van der Waals surface area contributed by atoms with Gasteiger partial charge in [0, 0.05) is 21.7 Å². The first-order valence-electron chi connectivity index (χ1n) is 7.57.